The molecule has 0 saturated heterocycles. The van der Waals surface area contributed by atoms with Gasteiger partial charge >= 0.3 is 0 Å². The summed E-state index contributed by atoms with van der Waals surface area (Å²) in [5, 5.41) is 0. The molecule has 0 spiro atoms. The van der Waals surface area contributed by atoms with Crippen molar-refractivity contribution in [2.75, 3.05) is 0 Å². The largest absolute Gasteiger partial charge is 0.0949 e. The second-order valence-electron chi connectivity index (χ2n) is 16.0. The lowest BCUT2D eigenvalue weighted by Gasteiger charge is -2.14. The zero-order valence-electron chi connectivity index (χ0n) is 30.5. The molecule has 0 amide bonds. The Bertz CT molecular complexity index is 2010. The lowest BCUT2D eigenvalue weighted by Crippen LogP contribution is -1.96. The Morgan fingerprint density at radius 1 is 0.312 bits per heavy atom. The van der Waals surface area contributed by atoms with Crippen molar-refractivity contribution in [2.24, 2.45) is 0 Å². The molecule has 0 unspecified atom stereocenters. The third-order valence-corrected chi connectivity index (χ3v) is 12.3. The quantitative estimate of drug-likeness (QED) is 0.275. The Balaban J connectivity index is 1.02. The van der Waals surface area contributed by atoms with E-state index in [9.17, 15) is 0 Å². The van der Waals surface area contributed by atoms with Crippen LogP contribution in [0.4, 0.5) is 0 Å². The summed E-state index contributed by atoms with van der Waals surface area (Å²) in [7, 11) is 0. The van der Waals surface area contributed by atoms with Crippen LogP contribution in [0.5, 0.6) is 0 Å². The fraction of sp³-hybridized carbons (Fsp3) is 0.333. The van der Waals surface area contributed by atoms with Crippen molar-refractivity contribution in [1.29, 1.82) is 0 Å². The van der Waals surface area contributed by atoms with Gasteiger partial charge in [0.25, 0.3) is 0 Å². The third-order valence-electron chi connectivity index (χ3n) is 12.3. The van der Waals surface area contributed by atoms with E-state index in [-0.39, 0.29) is 0 Å². The maximum Gasteiger partial charge on any atom is -0.00162 e. The Morgan fingerprint density at radius 2 is 0.583 bits per heavy atom. The highest BCUT2D eigenvalue weighted by Crippen LogP contribution is 2.56. The van der Waals surface area contributed by atoms with Gasteiger partial charge in [0.1, 0.15) is 0 Å². The molecule has 0 nitrogen and oxygen atoms in total. The average molecular weight is 627 g/mol. The van der Waals surface area contributed by atoms with Crippen LogP contribution in [0.3, 0.4) is 0 Å². The molecule has 0 aromatic carbocycles. The van der Waals surface area contributed by atoms with Gasteiger partial charge in [-0.25, -0.2) is 0 Å². The summed E-state index contributed by atoms with van der Waals surface area (Å²) in [6, 6.07) is 0. The summed E-state index contributed by atoms with van der Waals surface area (Å²) >= 11 is 0. The summed E-state index contributed by atoms with van der Waals surface area (Å²) in [5.74, 6) is 0. The first-order valence-corrected chi connectivity index (χ1v) is 18.1. The summed E-state index contributed by atoms with van der Waals surface area (Å²) in [5.41, 5.74) is 35.3. The van der Waals surface area contributed by atoms with Gasteiger partial charge in [0.15, 0.2) is 0 Å². The second-order valence-corrected chi connectivity index (χ2v) is 16.0. The van der Waals surface area contributed by atoms with Gasteiger partial charge in [-0.2, -0.15) is 0 Å². The van der Waals surface area contributed by atoms with Gasteiger partial charge in [-0.3, -0.25) is 0 Å². The predicted molar refractivity (Wildman–Crippen MR) is 205 cm³/mol. The monoisotopic (exact) mass is 626 g/mol. The van der Waals surface area contributed by atoms with Crippen LogP contribution in [0, 0.1) is 0 Å². The van der Waals surface area contributed by atoms with Crippen LogP contribution in [-0.2, 0) is 0 Å². The van der Waals surface area contributed by atoms with E-state index in [0.29, 0.717) is 0 Å². The second kappa shape index (κ2) is 11.2. The van der Waals surface area contributed by atoms with E-state index in [1.807, 2.05) is 0 Å². The molecule has 0 heteroatoms. The SMILES string of the molecule is C=C1CC(C2=C(C)C=C(C3=C(C)C=C(C4=C(C)C=C(C)C4)C3)C2)=C2C(=C)CC(C3=C(C)C=C(C4=C(C)C=C(C5=C(C)C=C(C)C5)C4)C3)=C12. The van der Waals surface area contributed by atoms with Crippen LogP contribution in [0.15, 0.2) is 183 Å². The minimum Gasteiger partial charge on any atom is -0.0949 e. The number of hydrogen-bond donors (Lipinski definition) is 0. The van der Waals surface area contributed by atoms with Crippen LogP contribution in [0.1, 0.15) is 107 Å². The van der Waals surface area contributed by atoms with Crippen molar-refractivity contribution < 1.29 is 0 Å². The molecule has 0 atom stereocenters. The van der Waals surface area contributed by atoms with E-state index >= 15 is 0 Å². The van der Waals surface area contributed by atoms with E-state index < -0.39 is 0 Å². The molecule has 0 N–H and O–H groups in total. The summed E-state index contributed by atoms with van der Waals surface area (Å²) < 4.78 is 0. The van der Waals surface area contributed by atoms with Gasteiger partial charge < -0.3 is 0 Å². The predicted octanol–water partition coefficient (Wildman–Crippen LogP) is 13.4. The fourth-order valence-electron chi connectivity index (χ4n) is 10.1. The van der Waals surface area contributed by atoms with Crippen molar-refractivity contribution in [3.05, 3.63) is 183 Å². The van der Waals surface area contributed by atoms with Crippen LogP contribution < -0.4 is 0 Å². The zero-order chi connectivity index (χ0) is 33.8. The molecular formula is C48H50. The molecule has 8 aliphatic carbocycles. The average Bonchev–Trinajstić information content (AvgIpc) is 3.87. The van der Waals surface area contributed by atoms with Crippen LogP contribution in [0.2, 0.25) is 0 Å². The maximum atomic E-state index is 4.70. The maximum absolute atomic E-state index is 4.70. The topological polar surface area (TPSA) is 0 Å². The summed E-state index contributed by atoms with van der Waals surface area (Å²) in [6.07, 6.45) is 22.9. The number of hydrogen-bond acceptors (Lipinski definition) is 0. The Labute approximate surface area is 289 Å². The van der Waals surface area contributed by atoms with Crippen molar-refractivity contribution in [2.45, 2.75) is 107 Å². The minimum atomic E-state index is 0.950. The molecular weight excluding hydrogens is 577 g/mol. The fourth-order valence-corrected chi connectivity index (χ4v) is 10.1. The number of allylic oxidation sites excluding steroid dienone is 30. The van der Waals surface area contributed by atoms with Gasteiger partial charge in [-0.15, -0.1) is 0 Å². The summed E-state index contributed by atoms with van der Waals surface area (Å²) in [6.45, 7) is 27.8. The van der Waals surface area contributed by atoms with Gasteiger partial charge in [-0.05, 0) is 229 Å². The molecule has 0 bridgehead atoms. The molecule has 0 saturated carbocycles. The van der Waals surface area contributed by atoms with Crippen LogP contribution in [-0.4, -0.2) is 0 Å². The third kappa shape index (κ3) is 4.86. The molecule has 0 aromatic heterocycles. The van der Waals surface area contributed by atoms with Gasteiger partial charge in [0.2, 0.25) is 0 Å². The highest BCUT2D eigenvalue weighted by Gasteiger charge is 2.38. The van der Waals surface area contributed by atoms with Crippen LogP contribution in [0.25, 0.3) is 0 Å². The van der Waals surface area contributed by atoms with Crippen molar-refractivity contribution in [3.63, 3.8) is 0 Å². The molecule has 0 aliphatic heterocycles. The Kier molecular flexibility index (Phi) is 7.26. The van der Waals surface area contributed by atoms with E-state index in [1.54, 1.807) is 22.3 Å². The van der Waals surface area contributed by atoms with E-state index in [0.717, 1.165) is 51.4 Å². The normalized spacial score (nSPS) is 24.6. The molecule has 0 heterocycles. The Hall–Kier alpha value is -4.16. The van der Waals surface area contributed by atoms with Crippen molar-refractivity contribution >= 4 is 0 Å². The highest BCUT2D eigenvalue weighted by molar-refractivity contribution is 5.78. The lowest BCUT2D eigenvalue weighted by atomic mass is 9.90. The van der Waals surface area contributed by atoms with E-state index in [2.05, 4.69) is 91.8 Å². The molecule has 0 fully saturated rings. The van der Waals surface area contributed by atoms with E-state index in [4.69, 9.17) is 13.2 Å². The number of rotatable bonds is 6. The zero-order valence-corrected chi connectivity index (χ0v) is 30.5. The first kappa shape index (κ1) is 31.1. The van der Waals surface area contributed by atoms with Gasteiger partial charge in [0.05, 0.1) is 0 Å². The van der Waals surface area contributed by atoms with Gasteiger partial charge in [-0.1, -0.05) is 60.8 Å². The molecule has 0 radical (unpaired) electrons. The van der Waals surface area contributed by atoms with Crippen LogP contribution >= 0.6 is 0 Å². The minimum absolute atomic E-state index is 0.950. The molecule has 8 aliphatic rings. The number of fused-ring (bicyclic) bond motifs is 1. The summed E-state index contributed by atoms with van der Waals surface area (Å²) in [4.78, 5) is 0. The van der Waals surface area contributed by atoms with Crippen molar-refractivity contribution in [3.8, 4) is 0 Å². The molecule has 242 valence electrons. The molecule has 8 rings (SSSR count). The Morgan fingerprint density at radius 3 is 0.896 bits per heavy atom. The first-order valence-electron chi connectivity index (χ1n) is 18.1. The van der Waals surface area contributed by atoms with Gasteiger partial charge in [0, 0.05) is 0 Å². The molecule has 48 heavy (non-hydrogen) atoms. The standard InChI is InChI=1S/C48H50/c1-25-11-27(3)39(13-25)35-15-29(5)41(21-35)37-17-31(7)43(23-37)45-19-33(9)48-46(20-34(10)47(45)48)44-24-38(18-32(44)8)42-22-36(16-30(42)6)40-14-26(2)12-28(40)4/h11-12,15-18H,9-10,13-14,19-24H2,1-8H3. The van der Waals surface area contributed by atoms with E-state index in [1.165, 1.54) is 111 Å². The molecule has 0 aromatic rings. The lowest BCUT2D eigenvalue weighted by molar-refractivity contribution is 1.03. The smallest absolute Gasteiger partial charge is 0.00162 e. The van der Waals surface area contributed by atoms with Crippen molar-refractivity contribution in [1.82, 2.24) is 0 Å². The highest BCUT2D eigenvalue weighted by atomic mass is 14.4. The first-order chi connectivity index (χ1) is 22.9.